The zero-order valence-electron chi connectivity index (χ0n) is 6.92. The summed E-state index contributed by atoms with van der Waals surface area (Å²) in [4.78, 5) is 31.7. The van der Waals surface area contributed by atoms with E-state index in [-0.39, 0.29) is 18.6 Å². The number of carbonyl (C=O) groups is 3. The smallest absolute Gasteiger partial charge is 0.249 e. The molecule has 0 aromatic rings. The van der Waals surface area contributed by atoms with Gasteiger partial charge >= 0.3 is 0 Å². The van der Waals surface area contributed by atoms with Gasteiger partial charge in [-0.1, -0.05) is 6.58 Å². The lowest BCUT2D eigenvalue weighted by molar-refractivity contribution is -0.129. The molecule has 66 valence electrons. The predicted octanol–water partition coefficient (Wildman–Crippen LogP) is 0.184. The Bertz CT molecular complexity index is 220. The first kappa shape index (κ1) is 10.6. The monoisotopic (exact) mass is 169 g/mol. The zero-order valence-corrected chi connectivity index (χ0v) is 6.92. The highest BCUT2D eigenvalue weighted by atomic mass is 16.2. The van der Waals surface area contributed by atoms with Crippen LogP contribution in [0.15, 0.2) is 12.7 Å². The zero-order chi connectivity index (χ0) is 9.56. The summed E-state index contributed by atoms with van der Waals surface area (Å²) in [6.07, 6.45) is 1.22. The molecule has 0 aromatic heterocycles. The average Bonchev–Trinajstić information content (AvgIpc) is 2.00. The Morgan fingerprint density at radius 2 is 1.92 bits per heavy atom. The van der Waals surface area contributed by atoms with E-state index in [4.69, 9.17) is 0 Å². The summed E-state index contributed by atoms with van der Waals surface area (Å²) in [6, 6.07) is 0. The minimum atomic E-state index is -0.538. The number of rotatable bonds is 4. The normalized spacial score (nSPS) is 8.75. The van der Waals surface area contributed by atoms with E-state index >= 15 is 0 Å². The molecule has 0 aliphatic carbocycles. The molecular weight excluding hydrogens is 158 g/mol. The molecule has 0 saturated heterocycles. The fourth-order valence-corrected chi connectivity index (χ4v) is 0.541. The highest BCUT2D eigenvalue weighted by molar-refractivity contribution is 6.01. The first-order valence-electron chi connectivity index (χ1n) is 3.52. The SMILES string of the molecule is C=CC(=O)NC(=O)CCC(C)=O. The molecule has 0 aliphatic rings. The fraction of sp³-hybridized carbons (Fsp3) is 0.375. The molecule has 0 unspecified atom stereocenters. The van der Waals surface area contributed by atoms with Crippen molar-refractivity contribution in [3.05, 3.63) is 12.7 Å². The van der Waals surface area contributed by atoms with Crippen LogP contribution in [0.5, 0.6) is 0 Å². The van der Waals surface area contributed by atoms with Gasteiger partial charge in [0.1, 0.15) is 5.78 Å². The Labute approximate surface area is 70.6 Å². The minimum absolute atomic E-state index is 0.0505. The van der Waals surface area contributed by atoms with Gasteiger partial charge in [0.2, 0.25) is 11.8 Å². The van der Waals surface area contributed by atoms with Crippen molar-refractivity contribution in [1.82, 2.24) is 5.32 Å². The summed E-state index contributed by atoms with van der Waals surface area (Å²) in [6.45, 7) is 4.57. The molecule has 4 nitrogen and oxygen atoms in total. The number of carbonyl (C=O) groups excluding carboxylic acids is 3. The number of Topliss-reactive ketones (excluding diaryl/α,β-unsaturated/α-hetero) is 1. The molecule has 0 aliphatic heterocycles. The van der Waals surface area contributed by atoms with E-state index in [9.17, 15) is 14.4 Å². The van der Waals surface area contributed by atoms with Crippen LogP contribution in [0, 0.1) is 0 Å². The van der Waals surface area contributed by atoms with Crippen molar-refractivity contribution in [2.75, 3.05) is 0 Å². The highest BCUT2D eigenvalue weighted by Gasteiger charge is 2.05. The number of nitrogens with one attached hydrogen (secondary N) is 1. The van der Waals surface area contributed by atoms with Gasteiger partial charge in [-0.15, -0.1) is 0 Å². The quantitative estimate of drug-likeness (QED) is 0.611. The molecule has 0 bridgehead atoms. The Hall–Kier alpha value is -1.45. The maximum absolute atomic E-state index is 10.8. The molecule has 0 saturated carbocycles. The molecular formula is C8H11NO3. The third-order valence-electron chi connectivity index (χ3n) is 1.15. The third kappa shape index (κ3) is 5.34. The first-order chi connectivity index (χ1) is 5.56. The Morgan fingerprint density at radius 1 is 1.33 bits per heavy atom. The molecule has 0 heterocycles. The van der Waals surface area contributed by atoms with Crippen molar-refractivity contribution in [2.24, 2.45) is 0 Å². The van der Waals surface area contributed by atoms with Gasteiger partial charge in [0.25, 0.3) is 0 Å². The van der Waals surface area contributed by atoms with Gasteiger partial charge in [0.15, 0.2) is 0 Å². The van der Waals surface area contributed by atoms with Gasteiger partial charge in [-0.25, -0.2) is 0 Å². The summed E-state index contributed by atoms with van der Waals surface area (Å²) in [5, 5.41) is 2.04. The molecule has 12 heavy (non-hydrogen) atoms. The minimum Gasteiger partial charge on any atom is -0.300 e. The number of imide groups is 1. The van der Waals surface area contributed by atoms with Gasteiger partial charge in [0.05, 0.1) is 0 Å². The van der Waals surface area contributed by atoms with Gasteiger partial charge in [-0.05, 0) is 13.0 Å². The van der Waals surface area contributed by atoms with Gasteiger partial charge in [0, 0.05) is 12.8 Å². The Balaban J connectivity index is 3.67. The number of amides is 2. The lowest BCUT2D eigenvalue weighted by Crippen LogP contribution is -2.28. The summed E-state index contributed by atoms with van der Waals surface area (Å²) in [7, 11) is 0. The van der Waals surface area contributed by atoms with Crippen LogP contribution in [0.3, 0.4) is 0 Å². The van der Waals surface area contributed by atoms with E-state index in [0.717, 1.165) is 6.08 Å². The lowest BCUT2D eigenvalue weighted by atomic mass is 10.2. The van der Waals surface area contributed by atoms with Crippen LogP contribution >= 0.6 is 0 Å². The van der Waals surface area contributed by atoms with Gasteiger partial charge in [-0.3, -0.25) is 14.9 Å². The van der Waals surface area contributed by atoms with Crippen molar-refractivity contribution in [1.29, 1.82) is 0 Å². The van der Waals surface area contributed by atoms with E-state index in [2.05, 4.69) is 6.58 Å². The van der Waals surface area contributed by atoms with Crippen LogP contribution in [0.1, 0.15) is 19.8 Å². The van der Waals surface area contributed by atoms with Crippen LogP contribution in [0.4, 0.5) is 0 Å². The second-order valence-corrected chi connectivity index (χ2v) is 2.32. The largest absolute Gasteiger partial charge is 0.300 e. The third-order valence-corrected chi connectivity index (χ3v) is 1.15. The topological polar surface area (TPSA) is 63.2 Å². The summed E-state index contributed by atoms with van der Waals surface area (Å²) in [5.74, 6) is -1.06. The second-order valence-electron chi connectivity index (χ2n) is 2.32. The van der Waals surface area contributed by atoms with Crippen molar-refractivity contribution in [2.45, 2.75) is 19.8 Å². The molecule has 2 amide bonds. The van der Waals surface area contributed by atoms with Crippen LogP contribution in [-0.4, -0.2) is 17.6 Å². The van der Waals surface area contributed by atoms with Crippen molar-refractivity contribution < 1.29 is 14.4 Å². The van der Waals surface area contributed by atoms with Crippen LogP contribution in [0.2, 0.25) is 0 Å². The number of hydrogen-bond donors (Lipinski definition) is 1. The van der Waals surface area contributed by atoms with Gasteiger partial charge < -0.3 is 4.79 Å². The Morgan fingerprint density at radius 3 is 2.33 bits per heavy atom. The average molecular weight is 169 g/mol. The maximum Gasteiger partial charge on any atom is 0.249 e. The molecule has 0 fully saturated rings. The van der Waals surface area contributed by atoms with E-state index in [1.807, 2.05) is 5.32 Å². The second kappa shape index (κ2) is 5.23. The van der Waals surface area contributed by atoms with E-state index in [1.165, 1.54) is 6.92 Å². The van der Waals surface area contributed by atoms with E-state index < -0.39 is 11.8 Å². The summed E-state index contributed by atoms with van der Waals surface area (Å²) < 4.78 is 0. The molecule has 0 atom stereocenters. The van der Waals surface area contributed by atoms with Gasteiger partial charge in [-0.2, -0.15) is 0 Å². The molecule has 1 N–H and O–H groups in total. The number of hydrogen-bond acceptors (Lipinski definition) is 3. The van der Waals surface area contributed by atoms with Crippen molar-refractivity contribution >= 4 is 17.6 Å². The van der Waals surface area contributed by atoms with Crippen molar-refractivity contribution in [3.8, 4) is 0 Å². The van der Waals surface area contributed by atoms with E-state index in [1.54, 1.807) is 0 Å². The molecule has 0 rings (SSSR count). The van der Waals surface area contributed by atoms with Crippen LogP contribution in [0.25, 0.3) is 0 Å². The molecule has 0 radical (unpaired) electrons. The summed E-state index contributed by atoms with van der Waals surface area (Å²) in [5.41, 5.74) is 0. The van der Waals surface area contributed by atoms with E-state index in [0.29, 0.717) is 0 Å². The Kier molecular flexibility index (Phi) is 4.60. The fourth-order valence-electron chi connectivity index (χ4n) is 0.541. The van der Waals surface area contributed by atoms with Crippen molar-refractivity contribution in [3.63, 3.8) is 0 Å². The predicted molar refractivity (Wildman–Crippen MR) is 43.3 cm³/mol. The standard InChI is InChI=1S/C8H11NO3/c1-3-7(11)9-8(12)5-4-6(2)10/h3H,1,4-5H2,2H3,(H,9,11,12). The van der Waals surface area contributed by atoms with Crippen LogP contribution < -0.4 is 5.32 Å². The number of ketones is 1. The lowest BCUT2D eigenvalue weighted by Gasteiger charge is -1.97. The summed E-state index contributed by atoms with van der Waals surface area (Å²) >= 11 is 0. The molecule has 0 spiro atoms. The maximum atomic E-state index is 10.8. The molecule has 0 aromatic carbocycles. The first-order valence-corrected chi connectivity index (χ1v) is 3.52. The molecule has 4 heteroatoms. The van der Waals surface area contributed by atoms with Crippen LogP contribution in [-0.2, 0) is 14.4 Å². The highest BCUT2D eigenvalue weighted by Crippen LogP contribution is 1.89.